The molecule has 0 saturated carbocycles. The van der Waals surface area contributed by atoms with Gasteiger partial charge in [0.15, 0.2) is 11.5 Å². The van der Waals surface area contributed by atoms with Crippen molar-refractivity contribution in [2.45, 2.75) is 19.8 Å². The second-order valence-corrected chi connectivity index (χ2v) is 5.33. The minimum atomic E-state index is 0.0711. The van der Waals surface area contributed by atoms with Crippen LogP contribution in [0.3, 0.4) is 0 Å². The van der Waals surface area contributed by atoms with Crippen LogP contribution in [0.15, 0.2) is 21.7 Å². The average Bonchev–Trinajstić information content (AvgIpc) is 3.04. The highest BCUT2D eigenvalue weighted by molar-refractivity contribution is 5.83. The summed E-state index contributed by atoms with van der Waals surface area (Å²) >= 11 is 0. The predicted octanol–water partition coefficient (Wildman–Crippen LogP) is 3.14. The number of ether oxygens (including phenoxy) is 3. The van der Waals surface area contributed by atoms with Gasteiger partial charge in [0.25, 0.3) is 5.88 Å². The van der Waals surface area contributed by atoms with Crippen molar-refractivity contribution in [3.8, 4) is 23.3 Å². The topological polar surface area (TPSA) is 102 Å². The fraction of sp³-hybridized carbons (Fsp3) is 0.353. The molecule has 1 N–H and O–H groups in total. The number of aromatic nitrogens is 1. The lowest BCUT2D eigenvalue weighted by molar-refractivity contribution is 0.324. The number of hydrazone groups is 1. The van der Waals surface area contributed by atoms with E-state index in [0.29, 0.717) is 28.7 Å². The van der Waals surface area contributed by atoms with Gasteiger partial charge in [0.2, 0.25) is 17.3 Å². The Bertz CT molecular complexity index is 780. The molecule has 0 atom stereocenters. The first kappa shape index (κ1) is 18.1. The van der Waals surface area contributed by atoms with E-state index in [1.54, 1.807) is 18.3 Å². The summed E-state index contributed by atoms with van der Waals surface area (Å²) in [5.41, 5.74) is 3.57. The lowest BCUT2D eigenvalue weighted by Gasteiger charge is -2.12. The zero-order chi connectivity index (χ0) is 18.4. The highest BCUT2D eigenvalue weighted by Crippen LogP contribution is 2.37. The van der Waals surface area contributed by atoms with Crippen molar-refractivity contribution in [2.24, 2.45) is 5.10 Å². The average molecular weight is 344 g/mol. The molecule has 1 aromatic heterocycles. The number of rotatable bonds is 7. The Labute approximate surface area is 146 Å². The summed E-state index contributed by atoms with van der Waals surface area (Å²) in [6.07, 6.45) is 1.54. The van der Waals surface area contributed by atoms with E-state index in [1.165, 1.54) is 21.3 Å². The molecule has 132 valence electrons. The van der Waals surface area contributed by atoms with Crippen LogP contribution in [0, 0.1) is 11.3 Å². The lowest BCUT2D eigenvalue weighted by Crippen LogP contribution is -1.97. The number of nitrogens with one attached hydrogen (secondary N) is 1. The standard InChI is InChI=1S/C17H20N4O4/c1-10(2)16-20-12(8-18)17(25-16)21-19-9-11-6-13(22-3)15(24-5)14(7-11)23-4/h6-7,9-10,21H,1-5H3. The predicted molar refractivity (Wildman–Crippen MR) is 92.6 cm³/mol. The molecule has 1 heterocycles. The van der Waals surface area contributed by atoms with Crippen LogP contribution in [0.5, 0.6) is 17.2 Å². The van der Waals surface area contributed by atoms with E-state index in [1.807, 2.05) is 19.9 Å². The summed E-state index contributed by atoms with van der Waals surface area (Å²) in [7, 11) is 4.62. The van der Waals surface area contributed by atoms with Crippen molar-refractivity contribution in [1.29, 1.82) is 5.26 Å². The number of hydrogen-bond acceptors (Lipinski definition) is 8. The molecule has 0 spiro atoms. The maximum absolute atomic E-state index is 9.11. The Hall–Kier alpha value is -3.21. The fourth-order valence-electron chi connectivity index (χ4n) is 2.08. The normalized spacial score (nSPS) is 10.8. The van der Waals surface area contributed by atoms with E-state index in [2.05, 4.69) is 15.5 Å². The molecule has 25 heavy (non-hydrogen) atoms. The highest BCUT2D eigenvalue weighted by Gasteiger charge is 2.15. The van der Waals surface area contributed by atoms with Crippen LogP contribution in [0.2, 0.25) is 0 Å². The third kappa shape index (κ3) is 4.01. The molecular formula is C17H20N4O4. The van der Waals surface area contributed by atoms with Gasteiger partial charge in [0.1, 0.15) is 6.07 Å². The minimum absolute atomic E-state index is 0.0711. The minimum Gasteiger partial charge on any atom is -0.493 e. The number of oxazole rings is 1. The number of methoxy groups -OCH3 is 3. The van der Waals surface area contributed by atoms with Crippen LogP contribution in [-0.4, -0.2) is 32.5 Å². The zero-order valence-electron chi connectivity index (χ0n) is 14.8. The van der Waals surface area contributed by atoms with Gasteiger partial charge in [0, 0.05) is 11.5 Å². The van der Waals surface area contributed by atoms with E-state index >= 15 is 0 Å². The molecular weight excluding hydrogens is 324 g/mol. The molecule has 0 aliphatic carbocycles. The Kier molecular flexibility index (Phi) is 5.84. The Morgan fingerprint density at radius 3 is 2.32 bits per heavy atom. The summed E-state index contributed by atoms with van der Waals surface area (Å²) < 4.78 is 21.4. The second kappa shape index (κ2) is 8.06. The quantitative estimate of drug-likeness (QED) is 0.608. The SMILES string of the molecule is COc1cc(C=NNc2oc(C(C)C)nc2C#N)cc(OC)c1OC. The number of benzene rings is 1. The van der Waals surface area contributed by atoms with Gasteiger partial charge >= 0.3 is 0 Å². The summed E-state index contributed by atoms with van der Waals surface area (Å²) in [4.78, 5) is 4.11. The van der Waals surface area contributed by atoms with Gasteiger partial charge in [-0.1, -0.05) is 13.8 Å². The van der Waals surface area contributed by atoms with Gasteiger partial charge in [-0.25, -0.2) is 10.4 Å². The van der Waals surface area contributed by atoms with Gasteiger partial charge in [-0.3, -0.25) is 0 Å². The molecule has 2 rings (SSSR count). The molecule has 2 aromatic rings. The van der Waals surface area contributed by atoms with Crippen LogP contribution in [0.4, 0.5) is 5.88 Å². The summed E-state index contributed by atoms with van der Waals surface area (Å²) in [6, 6.07) is 5.47. The number of hydrogen-bond donors (Lipinski definition) is 1. The molecule has 0 aliphatic rings. The van der Waals surface area contributed by atoms with E-state index in [0.717, 1.165) is 0 Å². The molecule has 0 fully saturated rings. The van der Waals surface area contributed by atoms with E-state index in [9.17, 15) is 0 Å². The first-order chi connectivity index (χ1) is 12.0. The molecule has 8 nitrogen and oxygen atoms in total. The molecule has 0 radical (unpaired) electrons. The van der Waals surface area contributed by atoms with Crippen LogP contribution < -0.4 is 19.6 Å². The third-order valence-electron chi connectivity index (χ3n) is 3.31. The van der Waals surface area contributed by atoms with E-state index in [-0.39, 0.29) is 17.5 Å². The number of anilines is 1. The summed E-state index contributed by atoms with van der Waals surface area (Å²) in [5.74, 6) is 2.28. The molecule has 1 aromatic carbocycles. The Morgan fingerprint density at radius 2 is 1.84 bits per heavy atom. The highest BCUT2D eigenvalue weighted by atomic mass is 16.5. The molecule has 0 aliphatic heterocycles. The zero-order valence-corrected chi connectivity index (χ0v) is 14.8. The number of nitriles is 1. The largest absolute Gasteiger partial charge is 0.493 e. The van der Waals surface area contributed by atoms with E-state index in [4.69, 9.17) is 23.9 Å². The van der Waals surface area contributed by atoms with Crippen LogP contribution in [0.25, 0.3) is 0 Å². The monoisotopic (exact) mass is 344 g/mol. The van der Waals surface area contributed by atoms with Crippen molar-refractivity contribution >= 4 is 12.1 Å². The van der Waals surface area contributed by atoms with Crippen LogP contribution >= 0.6 is 0 Å². The van der Waals surface area contributed by atoms with Crippen molar-refractivity contribution in [2.75, 3.05) is 26.8 Å². The van der Waals surface area contributed by atoms with Crippen LogP contribution in [-0.2, 0) is 0 Å². The summed E-state index contributed by atoms with van der Waals surface area (Å²) in [6.45, 7) is 3.85. The second-order valence-electron chi connectivity index (χ2n) is 5.33. The maximum atomic E-state index is 9.11. The molecule has 0 unspecified atom stereocenters. The van der Waals surface area contributed by atoms with Crippen molar-refractivity contribution in [3.63, 3.8) is 0 Å². The third-order valence-corrected chi connectivity index (χ3v) is 3.31. The Morgan fingerprint density at radius 1 is 1.20 bits per heavy atom. The molecule has 0 bridgehead atoms. The van der Waals surface area contributed by atoms with Gasteiger partial charge in [-0.2, -0.15) is 10.4 Å². The van der Waals surface area contributed by atoms with Gasteiger partial charge in [-0.15, -0.1) is 0 Å². The molecule has 0 amide bonds. The summed E-state index contributed by atoms with van der Waals surface area (Å²) in [5, 5.41) is 13.2. The number of nitrogens with zero attached hydrogens (tertiary/aromatic N) is 3. The smallest absolute Gasteiger partial charge is 0.252 e. The van der Waals surface area contributed by atoms with Gasteiger partial charge in [0.05, 0.1) is 27.5 Å². The van der Waals surface area contributed by atoms with Gasteiger partial charge in [-0.05, 0) is 12.1 Å². The first-order valence-electron chi connectivity index (χ1n) is 7.53. The Balaban J connectivity index is 2.24. The van der Waals surface area contributed by atoms with Crippen molar-refractivity contribution < 1.29 is 18.6 Å². The van der Waals surface area contributed by atoms with E-state index < -0.39 is 0 Å². The lowest BCUT2D eigenvalue weighted by atomic mass is 10.2. The maximum Gasteiger partial charge on any atom is 0.252 e. The van der Waals surface area contributed by atoms with Crippen LogP contribution in [0.1, 0.15) is 36.9 Å². The molecule has 8 heteroatoms. The van der Waals surface area contributed by atoms with Gasteiger partial charge < -0.3 is 18.6 Å². The fourth-order valence-corrected chi connectivity index (χ4v) is 2.08. The molecule has 0 saturated heterocycles. The first-order valence-corrected chi connectivity index (χ1v) is 7.53. The van der Waals surface area contributed by atoms with Crippen molar-refractivity contribution in [1.82, 2.24) is 4.98 Å². The van der Waals surface area contributed by atoms with Crippen molar-refractivity contribution in [3.05, 3.63) is 29.3 Å².